The van der Waals surface area contributed by atoms with Gasteiger partial charge in [-0.15, -0.1) is 0 Å². The lowest BCUT2D eigenvalue weighted by Gasteiger charge is -2.09. The van der Waals surface area contributed by atoms with Crippen LogP contribution in [0.1, 0.15) is 16.1 Å². The molecule has 1 amide bonds. The molecule has 0 bridgehead atoms. The van der Waals surface area contributed by atoms with Crippen LogP contribution in [0.15, 0.2) is 65.3 Å². The van der Waals surface area contributed by atoms with E-state index in [1.165, 1.54) is 13.4 Å². The van der Waals surface area contributed by atoms with Crippen LogP contribution in [0.2, 0.25) is 5.02 Å². The van der Waals surface area contributed by atoms with E-state index in [0.29, 0.717) is 22.0 Å². The minimum absolute atomic E-state index is 0.197. The zero-order valence-electron chi connectivity index (χ0n) is 13.5. The Labute approximate surface area is 150 Å². The van der Waals surface area contributed by atoms with Gasteiger partial charge < -0.3 is 19.2 Å². The van der Waals surface area contributed by atoms with Gasteiger partial charge in [0.1, 0.15) is 18.1 Å². The van der Waals surface area contributed by atoms with Gasteiger partial charge in [-0.1, -0.05) is 29.8 Å². The molecule has 0 radical (unpaired) electrons. The Morgan fingerprint density at radius 1 is 1.16 bits per heavy atom. The quantitative estimate of drug-likeness (QED) is 0.690. The number of methoxy groups -OCH3 is 1. The Bertz CT molecular complexity index is 861. The van der Waals surface area contributed by atoms with Crippen molar-refractivity contribution in [3.8, 4) is 11.5 Å². The van der Waals surface area contributed by atoms with E-state index in [1.54, 1.807) is 24.3 Å². The zero-order valence-corrected chi connectivity index (χ0v) is 14.2. The highest BCUT2D eigenvalue weighted by molar-refractivity contribution is 6.32. The van der Waals surface area contributed by atoms with Crippen LogP contribution >= 0.6 is 11.6 Å². The van der Waals surface area contributed by atoms with E-state index in [2.05, 4.69) is 5.32 Å². The third-order valence-electron chi connectivity index (χ3n) is 3.50. The number of nitrogens with one attached hydrogen (secondary N) is 1. The zero-order chi connectivity index (χ0) is 17.6. The number of benzene rings is 2. The topological polar surface area (TPSA) is 60.7 Å². The minimum atomic E-state index is -0.377. The number of hydrogen-bond donors (Lipinski definition) is 1. The van der Waals surface area contributed by atoms with Crippen LogP contribution in [0.4, 0.5) is 5.69 Å². The molecule has 0 saturated heterocycles. The second-order valence-corrected chi connectivity index (χ2v) is 5.59. The number of carbonyl (C=O) groups is 1. The van der Waals surface area contributed by atoms with E-state index >= 15 is 0 Å². The number of anilines is 1. The molecule has 0 aliphatic heterocycles. The maximum Gasteiger partial charge on any atom is 0.291 e. The Kier molecular flexibility index (Phi) is 5.26. The normalized spacial score (nSPS) is 10.3. The summed E-state index contributed by atoms with van der Waals surface area (Å²) in [5.74, 6) is 1.08. The molecule has 1 aromatic heterocycles. The Hall–Kier alpha value is -2.92. The van der Waals surface area contributed by atoms with E-state index in [9.17, 15) is 4.79 Å². The molecule has 0 saturated carbocycles. The molecule has 0 atom stereocenters. The fourth-order valence-electron chi connectivity index (χ4n) is 2.26. The summed E-state index contributed by atoms with van der Waals surface area (Å²) in [7, 11) is 1.53. The van der Waals surface area contributed by atoms with Crippen LogP contribution in [0.25, 0.3) is 0 Å². The van der Waals surface area contributed by atoms with Crippen molar-refractivity contribution in [2.75, 3.05) is 12.4 Å². The Balaban J connectivity index is 1.69. The second-order valence-electron chi connectivity index (χ2n) is 5.18. The van der Waals surface area contributed by atoms with E-state index < -0.39 is 0 Å². The molecule has 0 aliphatic rings. The third-order valence-corrected chi connectivity index (χ3v) is 3.80. The largest absolute Gasteiger partial charge is 0.495 e. The lowest BCUT2D eigenvalue weighted by molar-refractivity contribution is 0.0993. The number of ether oxygens (including phenoxy) is 2. The van der Waals surface area contributed by atoms with Crippen LogP contribution in [-0.4, -0.2) is 13.0 Å². The van der Waals surface area contributed by atoms with E-state index in [4.69, 9.17) is 25.5 Å². The average molecular weight is 358 g/mol. The van der Waals surface area contributed by atoms with Crippen molar-refractivity contribution in [3.05, 3.63) is 77.2 Å². The molecule has 0 fully saturated rings. The molecule has 0 aliphatic carbocycles. The van der Waals surface area contributed by atoms with E-state index in [-0.39, 0.29) is 18.3 Å². The molecule has 1 heterocycles. The first-order valence-corrected chi connectivity index (χ1v) is 7.94. The SMILES string of the molecule is COc1ccc(NC(=O)c2occc2COc2ccccc2)cc1Cl. The van der Waals surface area contributed by atoms with Crippen LogP contribution in [0.5, 0.6) is 11.5 Å². The summed E-state index contributed by atoms with van der Waals surface area (Å²) in [6.45, 7) is 0.229. The molecule has 128 valence electrons. The second kappa shape index (κ2) is 7.77. The van der Waals surface area contributed by atoms with Crippen molar-refractivity contribution in [1.82, 2.24) is 0 Å². The molecule has 1 N–H and O–H groups in total. The van der Waals surface area contributed by atoms with Crippen LogP contribution in [0, 0.1) is 0 Å². The standard InChI is InChI=1S/C19H16ClNO4/c1-23-17-8-7-14(11-16(17)20)21-19(22)18-13(9-10-24-18)12-25-15-5-3-2-4-6-15/h2-11H,12H2,1H3,(H,21,22). The molecule has 6 heteroatoms. The van der Waals surface area contributed by atoms with E-state index in [1.807, 2.05) is 30.3 Å². The maximum atomic E-state index is 12.4. The smallest absolute Gasteiger partial charge is 0.291 e. The predicted molar refractivity (Wildman–Crippen MR) is 95.4 cm³/mol. The van der Waals surface area contributed by atoms with Crippen molar-refractivity contribution in [2.45, 2.75) is 6.61 Å². The Morgan fingerprint density at radius 2 is 1.96 bits per heavy atom. The summed E-state index contributed by atoms with van der Waals surface area (Å²) in [5.41, 5.74) is 1.20. The van der Waals surface area contributed by atoms with Gasteiger partial charge in [-0.2, -0.15) is 0 Å². The van der Waals surface area contributed by atoms with Gasteiger partial charge in [-0.05, 0) is 36.4 Å². The highest BCUT2D eigenvalue weighted by atomic mass is 35.5. The summed E-state index contributed by atoms with van der Waals surface area (Å²) in [4.78, 5) is 12.4. The van der Waals surface area contributed by atoms with Gasteiger partial charge in [0.05, 0.1) is 18.4 Å². The molecule has 3 rings (SSSR count). The molecule has 5 nitrogen and oxygen atoms in total. The summed E-state index contributed by atoms with van der Waals surface area (Å²) < 4.78 is 16.1. The van der Waals surface area contributed by atoms with Gasteiger partial charge in [0, 0.05) is 11.3 Å². The summed E-state index contributed by atoms with van der Waals surface area (Å²) in [6, 6.07) is 16.1. The number of rotatable bonds is 6. The molecule has 0 spiro atoms. The third kappa shape index (κ3) is 4.14. The van der Waals surface area contributed by atoms with Crippen molar-refractivity contribution in [1.29, 1.82) is 0 Å². The van der Waals surface area contributed by atoms with Gasteiger partial charge in [-0.25, -0.2) is 0 Å². The van der Waals surface area contributed by atoms with Gasteiger partial charge in [0.25, 0.3) is 5.91 Å². The summed E-state index contributed by atoms with van der Waals surface area (Å²) in [5, 5.41) is 3.16. The van der Waals surface area contributed by atoms with Crippen molar-refractivity contribution < 1.29 is 18.7 Å². The first kappa shape index (κ1) is 16.9. The molecule has 2 aromatic carbocycles. The number of halogens is 1. The van der Waals surface area contributed by atoms with Crippen LogP contribution in [0.3, 0.4) is 0 Å². The predicted octanol–water partition coefficient (Wildman–Crippen LogP) is 4.77. The Morgan fingerprint density at radius 3 is 2.68 bits per heavy atom. The molecular formula is C19H16ClNO4. The number of carbonyl (C=O) groups excluding carboxylic acids is 1. The van der Waals surface area contributed by atoms with Gasteiger partial charge >= 0.3 is 0 Å². The average Bonchev–Trinajstić information content (AvgIpc) is 3.10. The molecule has 3 aromatic rings. The highest BCUT2D eigenvalue weighted by Crippen LogP contribution is 2.27. The van der Waals surface area contributed by atoms with Crippen molar-refractivity contribution in [3.63, 3.8) is 0 Å². The van der Waals surface area contributed by atoms with E-state index in [0.717, 1.165) is 5.75 Å². The number of hydrogen-bond acceptors (Lipinski definition) is 4. The lowest BCUT2D eigenvalue weighted by Crippen LogP contribution is -2.13. The summed E-state index contributed by atoms with van der Waals surface area (Å²) >= 11 is 6.07. The molecule has 0 unspecified atom stereocenters. The fraction of sp³-hybridized carbons (Fsp3) is 0.105. The first-order valence-electron chi connectivity index (χ1n) is 7.56. The first-order chi connectivity index (χ1) is 12.2. The van der Waals surface area contributed by atoms with Gasteiger partial charge in [0.2, 0.25) is 0 Å². The minimum Gasteiger partial charge on any atom is -0.495 e. The number of furan rings is 1. The number of para-hydroxylation sites is 1. The van der Waals surface area contributed by atoms with Gasteiger partial charge in [-0.3, -0.25) is 4.79 Å². The number of amides is 1. The highest BCUT2D eigenvalue weighted by Gasteiger charge is 2.16. The van der Waals surface area contributed by atoms with Crippen LogP contribution in [-0.2, 0) is 6.61 Å². The monoisotopic (exact) mass is 357 g/mol. The van der Waals surface area contributed by atoms with Crippen molar-refractivity contribution >= 4 is 23.2 Å². The lowest BCUT2D eigenvalue weighted by atomic mass is 10.2. The van der Waals surface area contributed by atoms with Crippen LogP contribution < -0.4 is 14.8 Å². The molecule has 25 heavy (non-hydrogen) atoms. The van der Waals surface area contributed by atoms with Gasteiger partial charge in [0.15, 0.2) is 5.76 Å². The fourth-order valence-corrected chi connectivity index (χ4v) is 2.52. The summed E-state index contributed by atoms with van der Waals surface area (Å²) in [6.07, 6.45) is 1.46. The van der Waals surface area contributed by atoms with Crippen molar-refractivity contribution in [2.24, 2.45) is 0 Å². The maximum absolute atomic E-state index is 12.4. The molecular weight excluding hydrogens is 342 g/mol.